The summed E-state index contributed by atoms with van der Waals surface area (Å²) < 4.78 is 0. The highest BCUT2D eigenvalue weighted by Gasteiger charge is 2.18. The lowest BCUT2D eigenvalue weighted by Gasteiger charge is -2.35. The molecule has 1 saturated heterocycles. The molecule has 2 N–H and O–H groups in total. The molecule has 1 aromatic rings. The van der Waals surface area contributed by atoms with Crippen molar-refractivity contribution in [3.05, 3.63) is 28.8 Å². The number of nitrogens with two attached hydrogens (primary N) is 1. The highest BCUT2D eigenvalue weighted by Crippen LogP contribution is 2.30. The summed E-state index contributed by atoms with van der Waals surface area (Å²) in [6.45, 7) is 4.93. The molecule has 0 aliphatic carbocycles. The number of para-hydroxylation sites is 1. The van der Waals surface area contributed by atoms with E-state index in [1.165, 1.54) is 11.3 Å². The molecule has 0 spiro atoms. The SMILES string of the molecule is CN1CCN(c2c(Cl)cccc2CCN)CC1. The van der Waals surface area contributed by atoms with Crippen molar-refractivity contribution in [1.82, 2.24) is 4.90 Å². The molecule has 0 unspecified atom stereocenters. The number of rotatable bonds is 3. The predicted molar refractivity (Wildman–Crippen MR) is 73.9 cm³/mol. The maximum atomic E-state index is 6.34. The number of hydrogen-bond donors (Lipinski definition) is 1. The van der Waals surface area contributed by atoms with Gasteiger partial charge in [-0.25, -0.2) is 0 Å². The zero-order valence-electron chi connectivity index (χ0n) is 10.3. The zero-order valence-corrected chi connectivity index (χ0v) is 11.1. The minimum Gasteiger partial charge on any atom is -0.368 e. The van der Waals surface area contributed by atoms with E-state index in [4.69, 9.17) is 17.3 Å². The van der Waals surface area contributed by atoms with E-state index in [1.807, 2.05) is 12.1 Å². The smallest absolute Gasteiger partial charge is 0.0642 e. The van der Waals surface area contributed by atoms with Crippen LogP contribution in [0.3, 0.4) is 0 Å². The predicted octanol–water partition coefficient (Wildman–Crippen LogP) is 1.59. The Morgan fingerprint density at radius 3 is 2.59 bits per heavy atom. The summed E-state index contributed by atoms with van der Waals surface area (Å²) in [5, 5.41) is 0.848. The molecule has 1 aliphatic rings. The molecule has 1 fully saturated rings. The second-order valence-corrected chi connectivity index (χ2v) is 4.98. The third kappa shape index (κ3) is 2.92. The van der Waals surface area contributed by atoms with Crippen molar-refractivity contribution in [2.75, 3.05) is 44.7 Å². The third-order valence-electron chi connectivity index (χ3n) is 3.30. The van der Waals surface area contributed by atoms with Crippen molar-refractivity contribution >= 4 is 17.3 Å². The van der Waals surface area contributed by atoms with Crippen molar-refractivity contribution in [2.45, 2.75) is 6.42 Å². The van der Waals surface area contributed by atoms with Crippen LogP contribution in [0.2, 0.25) is 5.02 Å². The lowest BCUT2D eigenvalue weighted by Crippen LogP contribution is -2.45. The van der Waals surface area contributed by atoms with Gasteiger partial charge in [-0.2, -0.15) is 0 Å². The Morgan fingerprint density at radius 2 is 1.94 bits per heavy atom. The molecule has 1 aliphatic heterocycles. The van der Waals surface area contributed by atoms with Crippen LogP contribution >= 0.6 is 11.6 Å². The minimum absolute atomic E-state index is 0.668. The van der Waals surface area contributed by atoms with E-state index in [2.05, 4.69) is 22.9 Å². The van der Waals surface area contributed by atoms with Gasteiger partial charge in [0.15, 0.2) is 0 Å². The van der Waals surface area contributed by atoms with Crippen LogP contribution in [-0.2, 0) is 6.42 Å². The van der Waals surface area contributed by atoms with E-state index in [1.54, 1.807) is 0 Å². The maximum absolute atomic E-state index is 6.34. The first-order valence-corrected chi connectivity index (χ1v) is 6.51. The van der Waals surface area contributed by atoms with Gasteiger partial charge in [0.05, 0.1) is 10.7 Å². The molecular formula is C13H20ClN3. The summed E-state index contributed by atoms with van der Waals surface area (Å²) >= 11 is 6.34. The van der Waals surface area contributed by atoms with E-state index in [9.17, 15) is 0 Å². The zero-order chi connectivity index (χ0) is 12.3. The van der Waals surface area contributed by atoms with Crippen LogP contribution in [0.25, 0.3) is 0 Å². The van der Waals surface area contributed by atoms with Crippen molar-refractivity contribution in [1.29, 1.82) is 0 Å². The number of anilines is 1. The summed E-state index contributed by atoms with van der Waals surface area (Å²) in [5.41, 5.74) is 8.12. The molecular weight excluding hydrogens is 234 g/mol. The van der Waals surface area contributed by atoms with Gasteiger partial charge in [0.25, 0.3) is 0 Å². The number of likely N-dealkylation sites (N-methyl/N-ethyl adjacent to an activating group) is 1. The monoisotopic (exact) mass is 253 g/mol. The van der Waals surface area contributed by atoms with Gasteiger partial charge in [-0.3, -0.25) is 0 Å². The molecule has 17 heavy (non-hydrogen) atoms. The maximum Gasteiger partial charge on any atom is 0.0642 e. The Balaban J connectivity index is 2.23. The second kappa shape index (κ2) is 5.71. The Labute approximate surface area is 108 Å². The Morgan fingerprint density at radius 1 is 1.24 bits per heavy atom. The average molecular weight is 254 g/mol. The molecule has 94 valence electrons. The van der Waals surface area contributed by atoms with Crippen LogP contribution in [-0.4, -0.2) is 44.7 Å². The molecule has 0 bridgehead atoms. The minimum atomic E-state index is 0.668. The highest BCUT2D eigenvalue weighted by molar-refractivity contribution is 6.33. The van der Waals surface area contributed by atoms with E-state index in [0.717, 1.165) is 37.6 Å². The Bertz CT molecular complexity index is 373. The molecule has 1 heterocycles. The number of nitrogens with zero attached hydrogens (tertiary/aromatic N) is 2. The quantitative estimate of drug-likeness (QED) is 0.888. The topological polar surface area (TPSA) is 32.5 Å². The van der Waals surface area contributed by atoms with E-state index >= 15 is 0 Å². The first-order valence-electron chi connectivity index (χ1n) is 6.13. The second-order valence-electron chi connectivity index (χ2n) is 4.58. The summed E-state index contributed by atoms with van der Waals surface area (Å²) in [5.74, 6) is 0. The van der Waals surface area contributed by atoms with Gasteiger partial charge in [0.2, 0.25) is 0 Å². The lowest BCUT2D eigenvalue weighted by molar-refractivity contribution is 0.312. The molecule has 3 nitrogen and oxygen atoms in total. The Kier molecular flexibility index (Phi) is 4.26. The molecule has 0 aromatic heterocycles. The van der Waals surface area contributed by atoms with Crippen molar-refractivity contribution < 1.29 is 0 Å². The van der Waals surface area contributed by atoms with Crippen LogP contribution < -0.4 is 10.6 Å². The van der Waals surface area contributed by atoms with E-state index in [0.29, 0.717) is 6.54 Å². The molecule has 0 amide bonds. The van der Waals surface area contributed by atoms with Gasteiger partial charge >= 0.3 is 0 Å². The van der Waals surface area contributed by atoms with Crippen LogP contribution in [0.1, 0.15) is 5.56 Å². The van der Waals surface area contributed by atoms with Crippen LogP contribution in [0, 0.1) is 0 Å². The van der Waals surface area contributed by atoms with E-state index < -0.39 is 0 Å². The van der Waals surface area contributed by atoms with E-state index in [-0.39, 0.29) is 0 Å². The summed E-state index contributed by atoms with van der Waals surface area (Å²) in [7, 11) is 2.16. The van der Waals surface area contributed by atoms with Gasteiger partial charge in [0.1, 0.15) is 0 Å². The molecule has 2 rings (SSSR count). The molecule has 0 radical (unpaired) electrons. The average Bonchev–Trinajstić information content (AvgIpc) is 2.32. The van der Waals surface area contributed by atoms with Gasteiger partial charge in [-0.15, -0.1) is 0 Å². The number of halogens is 1. The summed E-state index contributed by atoms with van der Waals surface area (Å²) in [6.07, 6.45) is 0.891. The van der Waals surface area contributed by atoms with Gasteiger partial charge in [-0.05, 0) is 31.6 Å². The molecule has 4 heteroatoms. The largest absolute Gasteiger partial charge is 0.368 e. The number of benzene rings is 1. The fraction of sp³-hybridized carbons (Fsp3) is 0.538. The standard InChI is InChI=1S/C13H20ClN3/c1-16-7-9-17(10-8-16)13-11(5-6-15)3-2-4-12(13)14/h2-4H,5-10,15H2,1H3. The first kappa shape index (κ1) is 12.7. The van der Waals surface area contributed by atoms with Crippen molar-refractivity contribution in [3.8, 4) is 0 Å². The van der Waals surface area contributed by atoms with Crippen LogP contribution in [0.5, 0.6) is 0 Å². The molecule has 0 saturated carbocycles. The fourth-order valence-corrected chi connectivity index (χ4v) is 2.62. The van der Waals surface area contributed by atoms with Crippen LogP contribution in [0.4, 0.5) is 5.69 Å². The third-order valence-corrected chi connectivity index (χ3v) is 3.61. The Hall–Kier alpha value is -0.770. The van der Waals surface area contributed by atoms with Gasteiger partial charge in [-0.1, -0.05) is 23.7 Å². The highest BCUT2D eigenvalue weighted by atomic mass is 35.5. The number of piperazine rings is 1. The fourth-order valence-electron chi connectivity index (χ4n) is 2.30. The van der Waals surface area contributed by atoms with Crippen molar-refractivity contribution in [2.24, 2.45) is 5.73 Å². The summed E-state index contributed by atoms with van der Waals surface area (Å²) in [4.78, 5) is 4.73. The van der Waals surface area contributed by atoms with Gasteiger partial charge < -0.3 is 15.5 Å². The normalized spacial score (nSPS) is 17.5. The molecule has 0 atom stereocenters. The van der Waals surface area contributed by atoms with Crippen LogP contribution in [0.15, 0.2) is 18.2 Å². The van der Waals surface area contributed by atoms with Crippen molar-refractivity contribution in [3.63, 3.8) is 0 Å². The van der Waals surface area contributed by atoms with Gasteiger partial charge in [0, 0.05) is 26.2 Å². The summed E-state index contributed by atoms with van der Waals surface area (Å²) in [6, 6.07) is 6.11. The first-order chi connectivity index (χ1) is 8.22. The number of hydrogen-bond acceptors (Lipinski definition) is 3. The molecule has 1 aromatic carbocycles. The lowest BCUT2D eigenvalue weighted by atomic mass is 10.1.